The van der Waals surface area contributed by atoms with E-state index in [1.54, 1.807) is 11.0 Å². The third kappa shape index (κ3) is 4.02. The molecule has 118 valence electrons. The second-order valence-corrected chi connectivity index (χ2v) is 5.50. The van der Waals surface area contributed by atoms with Gasteiger partial charge in [0.15, 0.2) is 0 Å². The van der Waals surface area contributed by atoms with Crippen LogP contribution >= 0.6 is 11.6 Å². The van der Waals surface area contributed by atoms with Crippen molar-refractivity contribution in [2.45, 2.75) is 13.2 Å². The molecule has 23 heavy (non-hydrogen) atoms. The zero-order chi connectivity index (χ0) is 16.1. The summed E-state index contributed by atoms with van der Waals surface area (Å²) in [7, 11) is 1.87. The molecule has 0 saturated heterocycles. The fraction of sp³-hybridized carbons (Fsp3) is 0.176. The molecule has 0 unspecified atom stereocenters. The average Bonchev–Trinajstić information content (AvgIpc) is 2.97. The van der Waals surface area contributed by atoms with Crippen molar-refractivity contribution in [2.75, 3.05) is 5.32 Å². The lowest BCUT2D eigenvalue weighted by molar-refractivity contribution is 0.307. The van der Waals surface area contributed by atoms with Crippen LogP contribution in [0.1, 0.15) is 11.4 Å². The van der Waals surface area contributed by atoms with Crippen LogP contribution in [-0.4, -0.2) is 14.8 Å². The molecule has 0 aliphatic heterocycles. The summed E-state index contributed by atoms with van der Waals surface area (Å²) < 4.78 is 7.65. The van der Waals surface area contributed by atoms with Gasteiger partial charge < -0.3 is 10.1 Å². The zero-order valence-corrected chi connectivity index (χ0v) is 13.5. The van der Waals surface area contributed by atoms with Gasteiger partial charge in [-0.1, -0.05) is 35.9 Å². The molecule has 3 rings (SSSR count). The monoisotopic (exact) mass is 328 g/mol. The van der Waals surface area contributed by atoms with Gasteiger partial charge in [-0.3, -0.25) is 4.68 Å². The predicted molar refractivity (Wildman–Crippen MR) is 90.6 cm³/mol. The maximum Gasteiger partial charge on any atom is 0.145 e. The topological polar surface area (TPSA) is 52.0 Å². The number of hydrogen-bond acceptors (Lipinski definition) is 4. The van der Waals surface area contributed by atoms with Gasteiger partial charge in [0.05, 0.1) is 12.2 Å². The molecular weight excluding hydrogens is 312 g/mol. The van der Waals surface area contributed by atoms with Gasteiger partial charge in [0.2, 0.25) is 0 Å². The molecule has 0 aliphatic carbocycles. The molecule has 0 saturated carbocycles. The van der Waals surface area contributed by atoms with E-state index in [9.17, 15) is 0 Å². The van der Waals surface area contributed by atoms with E-state index in [0.717, 1.165) is 22.8 Å². The smallest absolute Gasteiger partial charge is 0.145 e. The first-order valence-corrected chi connectivity index (χ1v) is 7.63. The van der Waals surface area contributed by atoms with Crippen molar-refractivity contribution in [3.63, 3.8) is 0 Å². The van der Waals surface area contributed by atoms with Gasteiger partial charge in [-0.15, -0.1) is 0 Å². The van der Waals surface area contributed by atoms with Crippen LogP contribution in [0.5, 0.6) is 5.75 Å². The summed E-state index contributed by atoms with van der Waals surface area (Å²) in [6.07, 6.45) is 1.54. The van der Waals surface area contributed by atoms with Crippen molar-refractivity contribution < 1.29 is 4.74 Å². The molecule has 0 spiro atoms. The van der Waals surface area contributed by atoms with Crippen molar-refractivity contribution >= 4 is 17.3 Å². The summed E-state index contributed by atoms with van der Waals surface area (Å²) in [6, 6.07) is 15.5. The summed E-state index contributed by atoms with van der Waals surface area (Å²) in [5, 5.41) is 8.10. The maximum absolute atomic E-state index is 6.00. The number of hydrogen-bond donors (Lipinski definition) is 1. The normalized spacial score (nSPS) is 10.5. The van der Waals surface area contributed by atoms with Gasteiger partial charge in [-0.2, -0.15) is 5.10 Å². The summed E-state index contributed by atoms with van der Waals surface area (Å²) in [4.78, 5) is 4.20. The van der Waals surface area contributed by atoms with E-state index < -0.39 is 0 Å². The SMILES string of the molecule is Cn1ncnc1CNc1ccccc1OCc1cccc(Cl)c1. The van der Waals surface area contributed by atoms with Crippen LogP contribution in [0.15, 0.2) is 54.9 Å². The largest absolute Gasteiger partial charge is 0.487 e. The van der Waals surface area contributed by atoms with E-state index in [1.807, 2.05) is 55.6 Å². The van der Waals surface area contributed by atoms with Crippen LogP contribution in [0.25, 0.3) is 0 Å². The minimum Gasteiger partial charge on any atom is -0.487 e. The molecule has 1 N–H and O–H groups in total. The quantitative estimate of drug-likeness (QED) is 0.750. The second kappa shape index (κ2) is 7.15. The Morgan fingerprint density at radius 1 is 1.17 bits per heavy atom. The zero-order valence-electron chi connectivity index (χ0n) is 12.7. The first-order chi connectivity index (χ1) is 11.2. The summed E-state index contributed by atoms with van der Waals surface area (Å²) in [5.74, 6) is 1.64. The first kappa shape index (κ1) is 15.4. The molecule has 0 amide bonds. The molecule has 1 heterocycles. The minimum atomic E-state index is 0.462. The van der Waals surface area contributed by atoms with Crippen LogP contribution in [0, 0.1) is 0 Å². The van der Waals surface area contributed by atoms with Crippen molar-refractivity contribution in [2.24, 2.45) is 7.05 Å². The molecule has 0 fully saturated rings. The predicted octanol–water partition coefficient (Wildman–Crippen LogP) is 3.66. The standard InChI is InChI=1S/C17H17ClN4O/c1-22-17(20-12-21-22)10-19-15-7-2-3-8-16(15)23-11-13-5-4-6-14(18)9-13/h2-9,12,19H,10-11H2,1H3. The molecule has 3 aromatic rings. The van der Waals surface area contributed by atoms with E-state index in [0.29, 0.717) is 18.2 Å². The Kier molecular flexibility index (Phi) is 4.78. The second-order valence-electron chi connectivity index (χ2n) is 5.07. The lowest BCUT2D eigenvalue weighted by atomic mass is 10.2. The van der Waals surface area contributed by atoms with E-state index in [2.05, 4.69) is 15.4 Å². The number of nitrogens with one attached hydrogen (secondary N) is 1. The van der Waals surface area contributed by atoms with Crippen LogP contribution in [0.2, 0.25) is 5.02 Å². The molecule has 6 heteroatoms. The van der Waals surface area contributed by atoms with Gasteiger partial charge in [-0.05, 0) is 29.8 Å². The Bertz CT molecular complexity index is 788. The summed E-state index contributed by atoms with van der Waals surface area (Å²) in [5.41, 5.74) is 1.94. The highest BCUT2D eigenvalue weighted by atomic mass is 35.5. The maximum atomic E-state index is 6.00. The number of aromatic nitrogens is 3. The summed E-state index contributed by atoms with van der Waals surface area (Å²) in [6.45, 7) is 1.04. The third-order valence-electron chi connectivity index (χ3n) is 3.41. The van der Waals surface area contributed by atoms with Crippen molar-refractivity contribution in [3.8, 4) is 5.75 Å². The third-order valence-corrected chi connectivity index (χ3v) is 3.65. The van der Waals surface area contributed by atoms with Crippen molar-refractivity contribution in [1.82, 2.24) is 14.8 Å². The highest BCUT2D eigenvalue weighted by Gasteiger charge is 2.06. The van der Waals surface area contributed by atoms with Crippen LogP contribution in [0.4, 0.5) is 5.69 Å². The Labute approximate surface area is 139 Å². The number of para-hydroxylation sites is 2. The molecule has 0 radical (unpaired) electrons. The van der Waals surface area contributed by atoms with Gasteiger partial charge in [0.25, 0.3) is 0 Å². The van der Waals surface area contributed by atoms with E-state index in [1.165, 1.54) is 0 Å². The number of ether oxygens (including phenoxy) is 1. The van der Waals surface area contributed by atoms with Gasteiger partial charge in [0, 0.05) is 12.1 Å². The number of halogens is 1. The first-order valence-electron chi connectivity index (χ1n) is 7.25. The van der Waals surface area contributed by atoms with Gasteiger partial charge in [0.1, 0.15) is 24.5 Å². The summed E-state index contributed by atoms with van der Waals surface area (Å²) >= 11 is 6.00. The molecule has 1 aromatic heterocycles. The number of benzene rings is 2. The van der Waals surface area contributed by atoms with Crippen LogP contribution in [-0.2, 0) is 20.2 Å². The van der Waals surface area contributed by atoms with E-state index in [-0.39, 0.29) is 0 Å². The average molecular weight is 329 g/mol. The Balaban J connectivity index is 1.67. The Morgan fingerprint density at radius 3 is 2.83 bits per heavy atom. The Morgan fingerprint density at radius 2 is 2.04 bits per heavy atom. The highest BCUT2D eigenvalue weighted by Crippen LogP contribution is 2.25. The van der Waals surface area contributed by atoms with Crippen molar-refractivity contribution in [1.29, 1.82) is 0 Å². The molecule has 2 aromatic carbocycles. The molecule has 0 aliphatic rings. The van der Waals surface area contributed by atoms with Crippen molar-refractivity contribution in [3.05, 3.63) is 71.3 Å². The van der Waals surface area contributed by atoms with Gasteiger partial charge >= 0.3 is 0 Å². The molecule has 0 bridgehead atoms. The molecule has 5 nitrogen and oxygen atoms in total. The highest BCUT2D eigenvalue weighted by molar-refractivity contribution is 6.30. The van der Waals surface area contributed by atoms with E-state index >= 15 is 0 Å². The fourth-order valence-corrected chi connectivity index (χ4v) is 2.39. The molecule has 0 atom stereocenters. The lowest BCUT2D eigenvalue weighted by Gasteiger charge is -2.13. The number of anilines is 1. The van der Waals surface area contributed by atoms with Crippen LogP contribution in [0.3, 0.4) is 0 Å². The van der Waals surface area contributed by atoms with E-state index in [4.69, 9.17) is 16.3 Å². The van der Waals surface area contributed by atoms with Crippen LogP contribution < -0.4 is 10.1 Å². The molecular formula is C17H17ClN4O. The number of rotatable bonds is 6. The number of nitrogens with zero attached hydrogens (tertiary/aromatic N) is 3. The lowest BCUT2D eigenvalue weighted by Crippen LogP contribution is -2.08. The fourth-order valence-electron chi connectivity index (χ4n) is 2.18. The Hall–Kier alpha value is -2.53. The van der Waals surface area contributed by atoms with Gasteiger partial charge in [-0.25, -0.2) is 4.98 Å². The number of aryl methyl sites for hydroxylation is 1. The minimum absolute atomic E-state index is 0.462.